The van der Waals surface area contributed by atoms with Crippen molar-refractivity contribution in [2.75, 3.05) is 13.1 Å². The van der Waals surface area contributed by atoms with Crippen molar-refractivity contribution in [1.29, 1.82) is 0 Å². The zero-order valence-corrected chi connectivity index (χ0v) is 15.9. The van der Waals surface area contributed by atoms with Crippen molar-refractivity contribution in [1.82, 2.24) is 15.6 Å². The quantitative estimate of drug-likeness (QED) is 0.723. The molecule has 0 spiro atoms. The van der Waals surface area contributed by atoms with Crippen molar-refractivity contribution in [3.05, 3.63) is 42.2 Å². The number of hydrogen-bond acceptors (Lipinski definition) is 3. The molecule has 2 unspecified atom stereocenters. The second kappa shape index (κ2) is 9.90. The maximum absolute atomic E-state index is 12.5. The van der Waals surface area contributed by atoms with Crippen LogP contribution in [0.2, 0.25) is 0 Å². The van der Waals surface area contributed by atoms with Crippen LogP contribution in [0.5, 0.6) is 0 Å². The molecular weight excluding hydrogens is 326 g/mol. The molecule has 0 fully saturated rings. The number of nitrogens with one attached hydrogen (secondary N) is 2. The lowest BCUT2D eigenvalue weighted by molar-refractivity contribution is -0.121. The van der Waals surface area contributed by atoms with Gasteiger partial charge in [-0.2, -0.15) is 0 Å². The van der Waals surface area contributed by atoms with E-state index in [1.807, 2.05) is 31.2 Å². The summed E-state index contributed by atoms with van der Waals surface area (Å²) in [7, 11) is 0. The first-order valence-corrected chi connectivity index (χ1v) is 9.38. The van der Waals surface area contributed by atoms with E-state index in [1.54, 1.807) is 12.4 Å². The van der Waals surface area contributed by atoms with Gasteiger partial charge in [0.2, 0.25) is 5.91 Å². The van der Waals surface area contributed by atoms with E-state index in [1.165, 1.54) is 0 Å². The van der Waals surface area contributed by atoms with E-state index in [0.29, 0.717) is 31.0 Å². The first-order valence-electron chi connectivity index (χ1n) is 9.38. The number of pyridine rings is 1. The molecule has 2 atom stereocenters. The third-order valence-corrected chi connectivity index (χ3v) is 4.73. The molecule has 2 rings (SSSR count). The Morgan fingerprint density at radius 1 is 1.04 bits per heavy atom. The lowest BCUT2D eigenvalue weighted by Crippen LogP contribution is -2.35. The number of carbonyl (C=O) groups is 2. The van der Waals surface area contributed by atoms with E-state index in [4.69, 9.17) is 0 Å². The molecule has 2 amide bonds. The van der Waals surface area contributed by atoms with Gasteiger partial charge in [-0.3, -0.25) is 14.6 Å². The molecule has 0 radical (unpaired) electrons. The molecule has 2 aromatic rings. The van der Waals surface area contributed by atoms with Crippen LogP contribution in [0, 0.1) is 11.8 Å². The fourth-order valence-corrected chi connectivity index (χ4v) is 2.69. The van der Waals surface area contributed by atoms with Crippen molar-refractivity contribution in [3.63, 3.8) is 0 Å². The van der Waals surface area contributed by atoms with Crippen LogP contribution in [-0.4, -0.2) is 29.9 Å². The lowest BCUT2D eigenvalue weighted by Gasteiger charge is -2.15. The summed E-state index contributed by atoms with van der Waals surface area (Å²) in [6.07, 6.45) is 5.93. The molecular formula is C21H29N3O2. The summed E-state index contributed by atoms with van der Waals surface area (Å²) in [4.78, 5) is 28.5. The number of amides is 2. The van der Waals surface area contributed by atoms with Crippen LogP contribution in [-0.2, 0) is 4.79 Å². The fraction of sp³-hybridized carbons (Fsp3) is 0.476. The Bertz CT molecular complexity index is 740. The van der Waals surface area contributed by atoms with Gasteiger partial charge >= 0.3 is 0 Å². The molecule has 1 heterocycles. The molecule has 5 heteroatoms. The van der Waals surface area contributed by atoms with Crippen LogP contribution >= 0.6 is 0 Å². The summed E-state index contributed by atoms with van der Waals surface area (Å²) < 4.78 is 0. The minimum atomic E-state index is -0.135. The summed E-state index contributed by atoms with van der Waals surface area (Å²) in [5.41, 5.74) is 0.577. The average molecular weight is 355 g/mol. The van der Waals surface area contributed by atoms with Gasteiger partial charge in [0.15, 0.2) is 0 Å². The summed E-state index contributed by atoms with van der Waals surface area (Å²) in [5, 5.41) is 7.74. The number of aromatic nitrogens is 1. The van der Waals surface area contributed by atoms with Crippen LogP contribution in [0.1, 0.15) is 50.4 Å². The second-order valence-corrected chi connectivity index (χ2v) is 7.08. The topological polar surface area (TPSA) is 71.1 Å². The standard InChI is InChI=1S/C21H29N3O2/c1-4-15(2)9-10-20(25)23-11-16(3)12-24-21(26)19-14-22-13-17-7-5-6-8-18(17)19/h5-8,13-16H,4,9-12H2,1-3H3,(H,23,25)(H,24,26). The van der Waals surface area contributed by atoms with Crippen molar-refractivity contribution in [2.24, 2.45) is 11.8 Å². The van der Waals surface area contributed by atoms with Gasteiger partial charge in [-0.15, -0.1) is 0 Å². The van der Waals surface area contributed by atoms with Gasteiger partial charge in [-0.25, -0.2) is 0 Å². The Morgan fingerprint density at radius 3 is 2.54 bits per heavy atom. The maximum atomic E-state index is 12.5. The van der Waals surface area contributed by atoms with Gasteiger partial charge in [-0.05, 0) is 23.6 Å². The van der Waals surface area contributed by atoms with Crippen LogP contribution in [0.3, 0.4) is 0 Å². The molecule has 1 aromatic heterocycles. The van der Waals surface area contributed by atoms with Gasteiger partial charge in [0.05, 0.1) is 5.56 Å². The largest absolute Gasteiger partial charge is 0.356 e. The Labute approximate surface area is 155 Å². The predicted octanol–water partition coefficient (Wildman–Crippen LogP) is 3.54. The highest BCUT2D eigenvalue weighted by atomic mass is 16.2. The van der Waals surface area contributed by atoms with E-state index in [9.17, 15) is 9.59 Å². The normalized spacial score (nSPS) is 13.2. The van der Waals surface area contributed by atoms with Crippen LogP contribution in [0.25, 0.3) is 10.8 Å². The minimum absolute atomic E-state index is 0.0849. The smallest absolute Gasteiger partial charge is 0.253 e. The van der Waals surface area contributed by atoms with E-state index < -0.39 is 0 Å². The highest BCUT2D eigenvalue weighted by Gasteiger charge is 2.12. The van der Waals surface area contributed by atoms with E-state index >= 15 is 0 Å². The van der Waals surface area contributed by atoms with Gasteiger partial charge < -0.3 is 10.6 Å². The molecule has 0 aliphatic heterocycles. The van der Waals surface area contributed by atoms with Gasteiger partial charge in [-0.1, -0.05) is 51.5 Å². The Balaban J connectivity index is 1.79. The number of fused-ring (bicyclic) bond motifs is 1. The average Bonchev–Trinajstić information content (AvgIpc) is 2.67. The molecule has 5 nitrogen and oxygen atoms in total. The first-order chi connectivity index (χ1) is 12.5. The molecule has 0 bridgehead atoms. The van der Waals surface area contributed by atoms with Crippen LogP contribution < -0.4 is 10.6 Å². The highest BCUT2D eigenvalue weighted by Crippen LogP contribution is 2.16. The Kier molecular flexibility index (Phi) is 7.57. The molecule has 2 N–H and O–H groups in total. The molecule has 0 aliphatic rings. The SMILES string of the molecule is CCC(C)CCC(=O)NCC(C)CNC(=O)c1cncc2ccccc12. The van der Waals surface area contributed by atoms with Crippen molar-refractivity contribution < 1.29 is 9.59 Å². The molecule has 0 saturated carbocycles. The van der Waals surface area contributed by atoms with E-state index in [2.05, 4.69) is 29.5 Å². The number of benzene rings is 1. The van der Waals surface area contributed by atoms with Crippen LogP contribution in [0.4, 0.5) is 0 Å². The summed E-state index contributed by atoms with van der Waals surface area (Å²) in [6, 6.07) is 7.71. The lowest BCUT2D eigenvalue weighted by atomic mass is 10.0. The van der Waals surface area contributed by atoms with Crippen molar-refractivity contribution >= 4 is 22.6 Å². The van der Waals surface area contributed by atoms with Gasteiger partial charge in [0, 0.05) is 37.3 Å². The molecule has 140 valence electrons. The predicted molar refractivity (Wildman–Crippen MR) is 105 cm³/mol. The van der Waals surface area contributed by atoms with Gasteiger partial charge in [0.25, 0.3) is 5.91 Å². The zero-order valence-electron chi connectivity index (χ0n) is 15.9. The third-order valence-electron chi connectivity index (χ3n) is 4.73. The van der Waals surface area contributed by atoms with E-state index in [-0.39, 0.29) is 17.7 Å². The van der Waals surface area contributed by atoms with Crippen molar-refractivity contribution in [3.8, 4) is 0 Å². The Morgan fingerprint density at radius 2 is 1.77 bits per heavy atom. The summed E-state index contributed by atoms with van der Waals surface area (Å²) >= 11 is 0. The number of carbonyl (C=O) groups excluding carboxylic acids is 2. The molecule has 0 saturated heterocycles. The monoisotopic (exact) mass is 355 g/mol. The highest BCUT2D eigenvalue weighted by molar-refractivity contribution is 6.06. The first kappa shape index (κ1) is 19.9. The minimum Gasteiger partial charge on any atom is -0.356 e. The second-order valence-electron chi connectivity index (χ2n) is 7.08. The Hall–Kier alpha value is -2.43. The van der Waals surface area contributed by atoms with Gasteiger partial charge in [0.1, 0.15) is 0 Å². The fourth-order valence-electron chi connectivity index (χ4n) is 2.69. The van der Waals surface area contributed by atoms with Crippen LogP contribution in [0.15, 0.2) is 36.7 Å². The zero-order chi connectivity index (χ0) is 18.9. The van der Waals surface area contributed by atoms with Crippen molar-refractivity contribution in [2.45, 2.75) is 40.0 Å². The third kappa shape index (κ3) is 5.83. The molecule has 1 aromatic carbocycles. The molecule has 0 aliphatic carbocycles. The number of hydrogen-bond donors (Lipinski definition) is 2. The summed E-state index contributed by atoms with van der Waals surface area (Å²) in [6.45, 7) is 7.38. The van der Waals surface area contributed by atoms with E-state index in [0.717, 1.165) is 23.6 Å². The maximum Gasteiger partial charge on any atom is 0.253 e. The molecule has 26 heavy (non-hydrogen) atoms. The number of rotatable bonds is 9. The number of nitrogens with zero attached hydrogens (tertiary/aromatic N) is 1. The summed E-state index contributed by atoms with van der Waals surface area (Å²) in [5.74, 6) is 0.687.